The van der Waals surface area contributed by atoms with Crippen molar-refractivity contribution in [1.29, 1.82) is 0 Å². The van der Waals surface area contributed by atoms with Crippen molar-refractivity contribution >= 4 is 0 Å². The number of rotatable bonds is 12. The zero-order chi connectivity index (χ0) is 14.1. The summed E-state index contributed by atoms with van der Waals surface area (Å²) in [5.41, 5.74) is 0. The Morgan fingerprint density at radius 3 is 2.58 bits per heavy atom. The third-order valence-electron chi connectivity index (χ3n) is 4.21. The second kappa shape index (κ2) is 9.73. The van der Waals surface area contributed by atoms with Gasteiger partial charge in [0.15, 0.2) is 0 Å². The van der Waals surface area contributed by atoms with Crippen LogP contribution in [-0.2, 0) is 4.74 Å². The summed E-state index contributed by atoms with van der Waals surface area (Å²) in [5, 5.41) is 13.3. The van der Waals surface area contributed by atoms with Crippen LogP contribution in [0, 0.1) is 11.8 Å². The predicted molar refractivity (Wildman–Crippen MR) is 80.3 cm³/mol. The van der Waals surface area contributed by atoms with E-state index in [1.165, 1.54) is 38.5 Å². The van der Waals surface area contributed by atoms with Gasteiger partial charge in [-0.3, -0.25) is 0 Å². The highest BCUT2D eigenvalue weighted by atomic mass is 16.5. The molecule has 0 aromatic rings. The average molecular weight is 271 g/mol. The average Bonchev–Trinajstić information content (AvgIpc) is 3.24. The molecule has 0 spiro atoms. The van der Waals surface area contributed by atoms with Crippen LogP contribution in [0.2, 0.25) is 0 Å². The molecule has 1 aliphatic rings. The first kappa shape index (κ1) is 16.9. The SMILES string of the molecule is CCCCC(CC)COCC(O)CNC(C)C1CC1. The van der Waals surface area contributed by atoms with Gasteiger partial charge in [-0.05, 0) is 38.0 Å². The van der Waals surface area contributed by atoms with Crippen LogP contribution in [0.15, 0.2) is 0 Å². The van der Waals surface area contributed by atoms with E-state index in [4.69, 9.17) is 4.74 Å². The van der Waals surface area contributed by atoms with Crippen molar-refractivity contribution in [3.63, 3.8) is 0 Å². The molecule has 0 aromatic heterocycles. The molecule has 1 aliphatic carbocycles. The Kier molecular flexibility index (Phi) is 8.67. The molecular weight excluding hydrogens is 238 g/mol. The van der Waals surface area contributed by atoms with Crippen molar-refractivity contribution in [3.05, 3.63) is 0 Å². The number of nitrogens with one attached hydrogen (secondary N) is 1. The Bertz CT molecular complexity index is 219. The van der Waals surface area contributed by atoms with E-state index in [9.17, 15) is 5.11 Å². The van der Waals surface area contributed by atoms with Crippen molar-refractivity contribution in [1.82, 2.24) is 5.32 Å². The van der Waals surface area contributed by atoms with Gasteiger partial charge in [0.05, 0.1) is 12.7 Å². The standard InChI is InChI=1S/C16H33NO2/c1-4-6-7-14(5-2)11-19-12-16(18)10-17-13(3)15-8-9-15/h13-18H,4-12H2,1-3H3. The van der Waals surface area contributed by atoms with Crippen LogP contribution < -0.4 is 5.32 Å². The Morgan fingerprint density at radius 2 is 2.00 bits per heavy atom. The van der Waals surface area contributed by atoms with Gasteiger partial charge in [0.25, 0.3) is 0 Å². The summed E-state index contributed by atoms with van der Waals surface area (Å²) >= 11 is 0. The zero-order valence-electron chi connectivity index (χ0n) is 13.0. The number of ether oxygens (including phenoxy) is 1. The van der Waals surface area contributed by atoms with Gasteiger partial charge < -0.3 is 15.2 Å². The van der Waals surface area contributed by atoms with Crippen molar-refractivity contribution in [2.45, 2.75) is 71.4 Å². The summed E-state index contributed by atoms with van der Waals surface area (Å²) in [4.78, 5) is 0. The second-order valence-electron chi connectivity index (χ2n) is 6.14. The van der Waals surface area contributed by atoms with Gasteiger partial charge in [0.2, 0.25) is 0 Å². The largest absolute Gasteiger partial charge is 0.389 e. The quantitative estimate of drug-likeness (QED) is 0.573. The van der Waals surface area contributed by atoms with Crippen LogP contribution >= 0.6 is 0 Å². The molecule has 19 heavy (non-hydrogen) atoms. The zero-order valence-corrected chi connectivity index (χ0v) is 13.0. The maximum absolute atomic E-state index is 9.87. The highest BCUT2D eigenvalue weighted by molar-refractivity contribution is 4.83. The van der Waals surface area contributed by atoms with Crippen LogP contribution in [0.1, 0.15) is 59.3 Å². The minimum absolute atomic E-state index is 0.370. The van der Waals surface area contributed by atoms with Gasteiger partial charge in [0.1, 0.15) is 0 Å². The van der Waals surface area contributed by atoms with Crippen molar-refractivity contribution in [2.24, 2.45) is 11.8 Å². The molecule has 0 heterocycles. The summed E-state index contributed by atoms with van der Waals surface area (Å²) in [5.74, 6) is 1.50. The summed E-state index contributed by atoms with van der Waals surface area (Å²) < 4.78 is 5.66. The highest BCUT2D eigenvalue weighted by Gasteiger charge is 2.27. The summed E-state index contributed by atoms with van der Waals surface area (Å²) in [6.07, 6.45) is 7.28. The Labute approximate surface area is 119 Å². The lowest BCUT2D eigenvalue weighted by Crippen LogP contribution is -2.37. The van der Waals surface area contributed by atoms with Gasteiger partial charge in [-0.15, -0.1) is 0 Å². The van der Waals surface area contributed by atoms with Gasteiger partial charge in [-0.2, -0.15) is 0 Å². The number of aliphatic hydroxyl groups excluding tert-OH is 1. The molecule has 3 atom stereocenters. The molecule has 1 fully saturated rings. The summed E-state index contributed by atoms with van der Waals surface area (Å²) in [6.45, 7) is 8.58. The fourth-order valence-corrected chi connectivity index (χ4v) is 2.41. The number of aliphatic hydroxyl groups is 1. The van der Waals surface area contributed by atoms with E-state index in [1.54, 1.807) is 0 Å². The molecular formula is C16H33NO2. The van der Waals surface area contributed by atoms with E-state index in [2.05, 4.69) is 26.1 Å². The first-order valence-corrected chi connectivity index (χ1v) is 8.16. The molecule has 0 saturated heterocycles. The van der Waals surface area contributed by atoms with E-state index in [-0.39, 0.29) is 6.10 Å². The lowest BCUT2D eigenvalue weighted by molar-refractivity contribution is 0.0182. The smallest absolute Gasteiger partial charge is 0.0897 e. The molecule has 3 unspecified atom stereocenters. The summed E-state index contributed by atoms with van der Waals surface area (Å²) in [6, 6.07) is 0.544. The van der Waals surface area contributed by atoms with E-state index in [1.807, 2.05) is 0 Å². The van der Waals surface area contributed by atoms with E-state index < -0.39 is 0 Å². The number of hydrogen-bond donors (Lipinski definition) is 2. The maximum Gasteiger partial charge on any atom is 0.0897 e. The van der Waals surface area contributed by atoms with Gasteiger partial charge >= 0.3 is 0 Å². The normalized spacial score (nSPS) is 20.2. The third kappa shape index (κ3) is 7.91. The van der Waals surface area contributed by atoms with Crippen LogP contribution in [0.5, 0.6) is 0 Å². The monoisotopic (exact) mass is 271 g/mol. The van der Waals surface area contributed by atoms with Gasteiger partial charge in [-0.25, -0.2) is 0 Å². The fourth-order valence-electron chi connectivity index (χ4n) is 2.41. The van der Waals surface area contributed by atoms with Crippen LogP contribution in [0.3, 0.4) is 0 Å². The van der Waals surface area contributed by atoms with E-state index in [0.717, 1.165) is 12.5 Å². The third-order valence-corrected chi connectivity index (χ3v) is 4.21. The maximum atomic E-state index is 9.87. The Morgan fingerprint density at radius 1 is 1.26 bits per heavy atom. The Hall–Kier alpha value is -0.120. The molecule has 0 aliphatic heterocycles. The topological polar surface area (TPSA) is 41.5 Å². The number of unbranched alkanes of at least 4 members (excludes halogenated alkanes) is 1. The molecule has 0 radical (unpaired) electrons. The van der Waals surface area contributed by atoms with Crippen LogP contribution in [0.25, 0.3) is 0 Å². The van der Waals surface area contributed by atoms with E-state index in [0.29, 0.717) is 25.1 Å². The van der Waals surface area contributed by atoms with E-state index >= 15 is 0 Å². The first-order valence-electron chi connectivity index (χ1n) is 8.16. The highest BCUT2D eigenvalue weighted by Crippen LogP contribution is 2.32. The minimum atomic E-state index is -0.370. The minimum Gasteiger partial charge on any atom is -0.389 e. The van der Waals surface area contributed by atoms with Crippen molar-refractivity contribution in [2.75, 3.05) is 19.8 Å². The molecule has 0 aromatic carbocycles. The molecule has 1 rings (SSSR count). The Balaban J connectivity index is 1.99. The molecule has 3 heteroatoms. The molecule has 1 saturated carbocycles. The van der Waals surface area contributed by atoms with Crippen LogP contribution in [-0.4, -0.2) is 37.0 Å². The van der Waals surface area contributed by atoms with Crippen LogP contribution in [0.4, 0.5) is 0 Å². The van der Waals surface area contributed by atoms with Gasteiger partial charge in [-0.1, -0.05) is 33.1 Å². The molecule has 114 valence electrons. The number of hydrogen-bond acceptors (Lipinski definition) is 3. The lowest BCUT2D eigenvalue weighted by atomic mass is 10.0. The molecule has 0 bridgehead atoms. The molecule has 0 amide bonds. The second-order valence-corrected chi connectivity index (χ2v) is 6.14. The van der Waals surface area contributed by atoms with Crippen molar-refractivity contribution < 1.29 is 9.84 Å². The molecule has 3 nitrogen and oxygen atoms in total. The molecule has 2 N–H and O–H groups in total. The summed E-state index contributed by atoms with van der Waals surface area (Å²) in [7, 11) is 0. The lowest BCUT2D eigenvalue weighted by Gasteiger charge is -2.19. The van der Waals surface area contributed by atoms with Crippen molar-refractivity contribution in [3.8, 4) is 0 Å². The van der Waals surface area contributed by atoms with Gasteiger partial charge in [0, 0.05) is 19.2 Å². The predicted octanol–water partition coefficient (Wildman–Crippen LogP) is 2.97. The fraction of sp³-hybridized carbons (Fsp3) is 1.00. The first-order chi connectivity index (χ1) is 9.17.